The minimum absolute atomic E-state index is 0.507. The second kappa shape index (κ2) is 4.63. The van der Waals surface area contributed by atoms with Gasteiger partial charge in [0.25, 0.3) is 0 Å². The molecule has 0 bridgehead atoms. The van der Waals surface area contributed by atoms with Crippen LogP contribution in [0.15, 0.2) is 49.1 Å². The first-order valence-electron chi connectivity index (χ1n) is 6.01. The van der Waals surface area contributed by atoms with Gasteiger partial charge >= 0.3 is 6.18 Å². The van der Waals surface area contributed by atoms with Gasteiger partial charge in [-0.3, -0.25) is 0 Å². The van der Waals surface area contributed by atoms with Crippen molar-refractivity contribution in [3.63, 3.8) is 0 Å². The quantitative estimate of drug-likeness (QED) is 0.718. The number of fused-ring (bicyclic) bond motifs is 1. The SMILES string of the molecule is FC(F)(F)c1ccc(C[n+]2ccc3nc[nH]c3c2)cc1. The molecule has 0 amide bonds. The van der Waals surface area contributed by atoms with Gasteiger partial charge in [-0.15, -0.1) is 0 Å². The Hall–Kier alpha value is -2.37. The van der Waals surface area contributed by atoms with Gasteiger partial charge in [0, 0.05) is 11.6 Å². The third-order valence-corrected chi connectivity index (χ3v) is 3.06. The first kappa shape index (κ1) is 12.7. The van der Waals surface area contributed by atoms with E-state index >= 15 is 0 Å². The minimum atomic E-state index is -4.29. The highest BCUT2D eigenvalue weighted by Gasteiger charge is 2.30. The molecule has 6 heteroatoms. The van der Waals surface area contributed by atoms with Crippen molar-refractivity contribution in [2.24, 2.45) is 0 Å². The molecule has 0 radical (unpaired) electrons. The summed E-state index contributed by atoms with van der Waals surface area (Å²) >= 11 is 0. The number of H-pyrrole nitrogens is 1. The smallest absolute Gasteiger partial charge is 0.340 e. The van der Waals surface area contributed by atoms with Crippen LogP contribution in [0.1, 0.15) is 11.1 Å². The number of hydrogen-bond donors (Lipinski definition) is 1. The lowest BCUT2D eigenvalue weighted by molar-refractivity contribution is -0.687. The van der Waals surface area contributed by atoms with E-state index < -0.39 is 11.7 Å². The van der Waals surface area contributed by atoms with E-state index in [-0.39, 0.29) is 0 Å². The molecular weight excluding hydrogens is 267 g/mol. The molecule has 2 aromatic heterocycles. The molecule has 3 nitrogen and oxygen atoms in total. The van der Waals surface area contributed by atoms with Gasteiger partial charge in [-0.25, -0.2) is 4.98 Å². The van der Waals surface area contributed by atoms with Crippen LogP contribution in [0.3, 0.4) is 0 Å². The van der Waals surface area contributed by atoms with Gasteiger partial charge in [0.15, 0.2) is 18.9 Å². The van der Waals surface area contributed by atoms with Crippen molar-refractivity contribution in [1.82, 2.24) is 9.97 Å². The number of hydrogen-bond acceptors (Lipinski definition) is 1. The van der Waals surface area contributed by atoms with Crippen LogP contribution in [0, 0.1) is 0 Å². The van der Waals surface area contributed by atoms with Crippen molar-refractivity contribution in [2.75, 3.05) is 0 Å². The Morgan fingerprint density at radius 2 is 1.85 bits per heavy atom. The lowest BCUT2D eigenvalue weighted by Crippen LogP contribution is -2.33. The molecule has 0 aliphatic heterocycles. The summed E-state index contributed by atoms with van der Waals surface area (Å²) in [5.74, 6) is 0. The molecule has 2 heterocycles. The number of aromatic nitrogens is 3. The van der Waals surface area contributed by atoms with Gasteiger partial charge in [0.1, 0.15) is 11.0 Å². The molecule has 1 aromatic carbocycles. The normalized spacial score (nSPS) is 11.9. The maximum absolute atomic E-state index is 12.5. The van der Waals surface area contributed by atoms with Gasteiger partial charge in [0.05, 0.1) is 11.9 Å². The second-order valence-electron chi connectivity index (χ2n) is 4.51. The second-order valence-corrected chi connectivity index (χ2v) is 4.51. The number of halogens is 3. The summed E-state index contributed by atoms with van der Waals surface area (Å²) in [7, 11) is 0. The highest BCUT2D eigenvalue weighted by molar-refractivity contribution is 5.71. The summed E-state index contributed by atoms with van der Waals surface area (Å²) in [5, 5.41) is 0. The third kappa shape index (κ3) is 2.49. The van der Waals surface area contributed by atoms with Gasteiger partial charge in [-0.05, 0) is 12.1 Å². The van der Waals surface area contributed by atoms with Gasteiger partial charge in [-0.2, -0.15) is 17.7 Å². The van der Waals surface area contributed by atoms with Crippen LogP contribution < -0.4 is 4.57 Å². The number of imidazole rings is 1. The molecule has 0 spiro atoms. The molecule has 20 heavy (non-hydrogen) atoms. The van der Waals surface area contributed by atoms with Crippen LogP contribution in [-0.2, 0) is 12.7 Å². The van der Waals surface area contributed by atoms with Crippen molar-refractivity contribution in [3.05, 3.63) is 60.2 Å². The van der Waals surface area contributed by atoms with Gasteiger partial charge < -0.3 is 4.98 Å². The number of nitrogens with zero attached hydrogens (tertiary/aromatic N) is 2. The van der Waals surface area contributed by atoms with Crippen LogP contribution >= 0.6 is 0 Å². The summed E-state index contributed by atoms with van der Waals surface area (Å²) < 4.78 is 39.3. The van der Waals surface area contributed by atoms with Crippen LogP contribution in [0.4, 0.5) is 13.2 Å². The van der Waals surface area contributed by atoms with Gasteiger partial charge in [-0.1, -0.05) is 12.1 Å². The maximum Gasteiger partial charge on any atom is 0.416 e. The third-order valence-electron chi connectivity index (χ3n) is 3.06. The van der Waals surface area contributed by atoms with E-state index in [9.17, 15) is 13.2 Å². The Morgan fingerprint density at radius 3 is 2.55 bits per heavy atom. The number of nitrogens with one attached hydrogen (secondary N) is 1. The first-order chi connectivity index (χ1) is 9.52. The van der Waals surface area contributed by atoms with Crippen LogP contribution in [0.5, 0.6) is 0 Å². The van der Waals surface area contributed by atoms with Crippen molar-refractivity contribution in [1.29, 1.82) is 0 Å². The first-order valence-corrected chi connectivity index (χ1v) is 6.01. The number of alkyl halides is 3. The van der Waals surface area contributed by atoms with Crippen molar-refractivity contribution in [3.8, 4) is 0 Å². The average molecular weight is 278 g/mol. The Morgan fingerprint density at radius 1 is 1.10 bits per heavy atom. The van der Waals surface area contributed by atoms with E-state index in [0.29, 0.717) is 6.54 Å². The summed E-state index contributed by atoms with van der Waals surface area (Å²) in [6, 6.07) is 7.05. The molecule has 0 unspecified atom stereocenters. The van der Waals surface area contributed by atoms with Crippen LogP contribution in [0.25, 0.3) is 11.0 Å². The van der Waals surface area contributed by atoms with Crippen molar-refractivity contribution >= 4 is 11.0 Å². The fourth-order valence-corrected chi connectivity index (χ4v) is 2.03. The van der Waals surface area contributed by atoms with Crippen LogP contribution in [-0.4, -0.2) is 9.97 Å². The standard InChI is InChI=1S/C14H10F3N3/c15-14(16,17)11-3-1-10(2-4-11)7-20-6-5-12-13(8-20)19-9-18-12/h1-6,8-9H,7H2/p+1. The molecule has 0 atom stereocenters. The predicted octanol–water partition coefficient (Wildman–Crippen LogP) is 2.92. The molecule has 102 valence electrons. The Labute approximate surface area is 112 Å². The van der Waals surface area contributed by atoms with E-state index in [1.165, 1.54) is 12.1 Å². The zero-order chi connectivity index (χ0) is 14.2. The fourth-order valence-electron chi connectivity index (χ4n) is 2.03. The highest BCUT2D eigenvalue weighted by atomic mass is 19.4. The predicted molar refractivity (Wildman–Crippen MR) is 66.8 cm³/mol. The summed E-state index contributed by atoms with van der Waals surface area (Å²) in [6.45, 7) is 0.507. The van der Waals surface area contributed by atoms with E-state index in [1.807, 2.05) is 23.0 Å². The molecule has 3 rings (SSSR count). The number of rotatable bonds is 2. The Bertz CT molecular complexity index is 729. The molecule has 0 aliphatic rings. The van der Waals surface area contributed by atoms with Crippen molar-refractivity contribution in [2.45, 2.75) is 12.7 Å². The maximum atomic E-state index is 12.5. The lowest BCUT2D eigenvalue weighted by Gasteiger charge is -2.06. The monoisotopic (exact) mass is 278 g/mol. The fraction of sp³-hybridized carbons (Fsp3) is 0.143. The Kier molecular flexibility index (Phi) is 2.93. The van der Waals surface area contributed by atoms with E-state index in [4.69, 9.17) is 0 Å². The summed E-state index contributed by atoms with van der Waals surface area (Å²) in [5.41, 5.74) is 1.92. The number of benzene rings is 1. The molecule has 0 aliphatic carbocycles. The molecular formula is C14H11F3N3+. The Balaban J connectivity index is 1.83. The van der Waals surface area contributed by atoms with E-state index in [2.05, 4.69) is 9.97 Å². The summed E-state index contributed by atoms with van der Waals surface area (Å²) in [6.07, 6.45) is 1.04. The lowest BCUT2D eigenvalue weighted by atomic mass is 10.1. The average Bonchev–Trinajstić information content (AvgIpc) is 2.86. The molecule has 0 saturated heterocycles. The van der Waals surface area contributed by atoms with Crippen LogP contribution in [0.2, 0.25) is 0 Å². The van der Waals surface area contributed by atoms with E-state index in [1.54, 1.807) is 6.33 Å². The highest BCUT2D eigenvalue weighted by Crippen LogP contribution is 2.29. The number of aromatic amines is 1. The van der Waals surface area contributed by atoms with E-state index in [0.717, 1.165) is 28.7 Å². The zero-order valence-corrected chi connectivity index (χ0v) is 10.4. The zero-order valence-electron chi connectivity index (χ0n) is 10.4. The molecule has 0 saturated carbocycles. The largest absolute Gasteiger partial charge is 0.416 e. The number of pyridine rings is 1. The molecule has 3 aromatic rings. The molecule has 1 N–H and O–H groups in total. The van der Waals surface area contributed by atoms with Crippen molar-refractivity contribution < 1.29 is 17.7 Å². The molecule has 0 fully saturated rings. The minimum Gasteiger partial charge on any atom is -0.340 e. The van der Waals surface area contributed by atoms with Gasteiger partial charge in [0.2, 0.25) is 0 Å². The summed E-state index contributed by atoms with van der Waals surface area (Å²) in [4.78, 5) is 7.11. The topological polar surface area (TPSA) is 32.6 Å².